The Balaban J connectivity index is 1.77. The van der Waals surface area contributed by atoms with Crippen molar-refractivity contribution < 1.29 is 19.0 Å². The maximum atomic E-state index is 13.6. The van der Waals surface area contributed by atoms with Gasteiger partial charge in [0.25, 0.3) is 0 Å². The molecule has 4 rings (SSSR count). The first kappa shape index (κ1) is 32.7. The quantitative estimate of drug-likeness (QED) is 0.226. The average molecular weight is 608 g/mol. The minimum absolute atomic E-state index is 0.247. The van der Waals surface area contributed by atoms with E-state index < -0.39 is 17.7 Å². The summed E-state index contributed by atoms with van der Waals surface area (Å²) in [5, 5.41) is 0.673. The van der Waals surface area contributed by atoms with Gasteiger partial charge in [0, 0.05) is 64.5 Å². The fourth-order valence-corrected chi connectivity index (χ4v) is 5.58. The molecule has 0 radical (unpaired) electrons. The molecule has 1 aliphatic heterocycles. The van der Waals surface area contributed by atoms with Gasteiger partial charge in [0.15, 0.2) is 6.10 Å². The van der Waals surface area contributed by atoms with Crippen molar-refractivity contribution in [3.63, 3.8) is 0 Å². The van der Waals surface area contributed by atoms with Crippen molar-refractivity contribution in [1.82, 2.24) is 9.97 Å². The molecule has 1 saturated heterocycles. The van der Waals surface area contributed by atoms with E-state index in [0.29, 0.717) is 17.5 Å². The SMILES string of the molecule is Cc1cccc(Cl)c1COc1ccc(-c2cnc(C)c(C(OC(C)(C)C)C(=O)OC(C)C)c2N2CCC(C)(C)CC2)cn1. The number of benzene rings is 1. The molecule has 0 bridgehead atoms. The van der Waals surface area contributed by atoms with Crippen LogP contribution in [0.1, 0.15) is 89.8 Å². The summed E-state index contributed by atoms with van der Waals surface area (Å²) in [4.78, 5) is 25.4. The number of nitrogens with zero attached hydrogens (tertiary/aromatic N) is 3. The van der Waals surface area contributed by atoms with Crippen molar-refractivity contribution in [2.75, 3.05) is 18.0 Å². The Morgan fingerprint density at radius 1 is 1.05 bits per heavy atom. The van der Waals surface area contributed by atoms with E-state index in [9.17, 15) is 4.79 Å². The highest BCUT2D eigenvalue weighted by Gasteiger charge is 2.37. The lowest BCUT2D eigenvalue weighted by atomic mass is 9.82. The standard InChI is InChI=1S/C35H46ClN3O4/c1-22(2)42-33(40)32(43-34(5,6)7)30-24(4)37-20-26(31(30)39-17-15-35(8,9)16-18-39)25-13-14-29(38-19-25)41-21-27-23(3)11-10-12-28(27)36/h10-14,19-20,22,32H,15-18,21H2,1-9H3. The van der Waals surface area contributed by atoms with Crippen molar-refractivity contribution >= 4 is 23.3 Å². The molecule has 3 aromatic rings. The fraction of sp³-hybridized carbons (Fsp3) is 0.514. The molecule has 0 amide bonds. The highest BCUT2D eigenvalue weighted by Crippen LogP contribution is 2.43. The Labute approximate surface area is 261 Å². The number of halogens is 1. The van der Waals surface area contributed by atoms with Gasteiger partial charge in [0.05, 0.1) is 17.4 Å². The van der Waals surface area contributed by atoms with Gasteiger partial charge in [0.2, 0.25) is 5.88 Å². The number of pyridine rings is 2. The zero-order valence-electron chi connectivity index (χ0n) is 27.1. The van der Waals surface area contributed by atoms with Crippen LogP contribution in [0.2, 0.25) is 5.02 Å². The molecule has 0 aliphatic carbocycles. The molecule has 1 atom stereocenters. The van der Waals surface area contributed by atoms with Crippen LogP contribution < -0.4 is 9.64 Å². The van der Waals surface area contributed by atoms with Crippen molar-refractivity contribution in [3.05, 3.63) is 70.1 Å². The maximum Gasteiger partial charge on any atom is 0.340 e. The Morgan fingerprint density at radius 3 is 2.33 bits per heavy atom. The molecule has 1 unspecified atom stereocenters. The second kappa shape index (κ2) is 13.2. The van der Waals surface area contributed by atoms with E-state index in [1.54, 1.807) is 6.20 Å². The highest BCUT2D eigenvalue weighted by atomic mass is 35.5. The molecule has 0 saturated carbocycles. The van der Waals surface area contributed by atoms with Gasteiger partial charge in [-0.15, -0.1) is 0 Å². The summed E-state index contributed by atoms with van der Waals surface area (Å²) in [6.45, 7) is 20.1. The van der Waals surface area contributed by atoms with Crippen molar-refractivity contribution in [2.45, 2.75) is 99.6 Å². The topological polar surface area (TPSA) is 73.8 Å². The van der Waals surface area contributed by atoms with Crippen molar-refractivity contribution in [1.29, 1.82) is 0 Å². The summed E-state index contributed by atoms with van der Waals surface area (Å²) in [5.41, 5.74) is 5.86. The zero-order chi connectivity index (χ0) is 31.5. The first-order valence-corrected chi connectivity index (χ1v) is 15.5. The molecule has 0 N–H and O–H groups in total. The van der Waals surface area contributed by atoms with Crippen molar-refractivity contribution in [2.24, 2.45) is 5.41 Å². The Morgan fingerprint density at radius 2 is 1.74 bits per heavy atom. The lowest BCUT2D eigenvalue weighted by Gasteiger charge is -2.41. The predicted octanol–water partition coefficient (Wildman–Crippen LogP) is 8.43. The summed E-state index contributed by atoms with van der Waals surface area (Å²) in [6, 6.07) is 9.66. The van der Waals surface area contributed by atoms with Crippen LogP contribution in [0.15, 0.2) is 42.7 Å². The Hall–Kier alpha value is -3.16. The number of rotatable bonds is 9. The van der Waals surface area contributed by atoms with Gasteiger partial charge in [0.1, 0.15) is 6.61 Å². The number of anilines is 1. The second-order valence-corrected chi connectivity index (χ2v) is 13.9. The normalized spacial score (nSPS) is 15.8. The number of aromatic nitrogens is 2. The smallest absolute Gasteiger partial charge is 0.340 e. The summed E-state index contributed by atoms with van der Waals surface area (Å²) in [5.74, 6) is 0.0846. The van der Waals surface area contributed by atoms with E-state index in [1.807, 2.05) is 85.0 Å². The maximum absolute atomic E-state index is 13.6. The molecule has 1 fully saturated rings. The monoisotopic (exact) mass is 607 g/mol. The molecular weight excluding hydrogens is 562 g/mol. The third kappa shape index (κ3) is 8.27. The molecule has 2 aromatic heterocycles. The minimum atomic E-state index is -0.936. The van der Waals surface area contributed by atoms with E-state index in [-0.39, 0.29) is 11.5 Å². The minimum Gasteiger partial charge on any atom is -0.473 e. The molecular formula is C35H46ClN3O4. The van der Waals surface area contributed by atoms with E-state index in [4.69, 9.17) is 30.8 Å². The van der Waals surface area contributed by atoms with E-state index in [2.05, 4.69) is 23.7 Å². The summed E-state index contributed by atoms with van der Waals surface area (Å²) >= 11 is 6.40. The Bertz CT molecular complexity index is 1400. The van der Waals surface area contributed by atoms with E-state index in [1.165, 1.54) is 0 Å². The third-order valence-electron chi connectivity index (χ3n) is 7.78. The van der Waals surface area contributed by atoms with Crippen LogP contribution in [-0.2, 0) is 20.9 Å². The number of aryl methyl sites for hydroxylation is 2. The second-order valence-electron chi connectivity index (χ2n) is 13.5. The molecule has 0 spiro atoms. The largest absolute Gasteiger partial charge is 0.473 e. The lowest BCUT2D eigenvalue weighted by molar-refractivity contribution is -0.171. The molecule has 1 aromatic carbocycles. The number of carbonyl (C=O) groups is 1. The van der Waals surface area contributed by atoms with Gasteiger partial charge in [-0.05, 0) is 84.4 Å². The molecule has 232 valence electrons. The highest BCUT2D eigenvalue weighted by molar-refractivity contribution is 6.31. The first-order valence-electron chi connectivity index (χ1n) is 15.1. The van der Waals surface area contributed by atoms with Gasteiger partial charge in [-0.1, -0.05) is 37.6 Å². The molecule has 43 heavy (non-hydrogen) atoms. The van der Waals surface area contributed by atoms with Crippen LogP contribution in [0, 0.1) is 19.3 Å². The third-order valence-corrected chi connectivity index (χ3v) is 8.14. The number of piperidine rings is 1. The van der Waals surface area contributed by atoms with Crippen molar-refractivity contribution in [3.8, 4) is 17.0 Å². The van der Waals surface area contributed by atoms with Crippen LogP contribution in [0.3, 0.4) is 0 Å². The number of carbonyl (C=O) groups excluding carboxylic acids is 1. The van der Waals surface area contributed by atoms with Gasteiger partial charge in [-0.3, -0.25) is 4.98 Å². The van der Waals surface area contributed by atoms with E-state index >= 15 is 0 Å². The Kier molecular flexibility index (Phi) is 10.1. The number of hydrogen-bond donors (Lipinski definition) is 0. The zero-order valence-corrected chi connectivity index (χ0v) is 27.8. The van der Waals surface area contributed by atoms with Crippen LogP contribution in [0.4, 0.5) is 5.69 Å². The predicted molar refractivity (Wildman–Crippen MR) is 173 cm³/mol. The van der Waals surface area contributed by atoms with Gasteiger partial charge >= 0.3 is 5.97 Å². The molecule has 3 heterocycles. The van der Waals surface area contributed by atoms with Crippen LogP contribution in [-0.4, -0.2) is 40.7 Å². The molecule has 7 nitrogen and oxygen atoms in total. The van der Waals surface area contributed by atoms with Gasteiger partial charge in [-0.2, -0.15) is 0 Å². The lowest BCUT2D eigenvalue weighted by Crippen LogP contribution is -2.39. The van der Waals surface area contributed by atoms with Crippen LogP contribution in [0.25, 0.3) is 11.1 Å². The number of hydrogen-bond acceptors (Lipinski definition) is 7. The summed E-state index contributed by atoms with van der Waals surface area (Å²) in [6.07, 6.45) is 4.52. The van der Waals surface area contributed by atoms with Crippen LogP contribution in [0.5, 0.6) is 5.88 Å². The van der Waals surface area contributed by atoms with Gasteiger partial charge in [-0.25, -0.2) is 9.78 Å². The molecule has 8 heteroatoms. The number of esters is 1. The fourth-order valence-electron chi connectivity index (χ4n) is 5.30. The van der Waals surface area contributed by atoms with Crippen LogP contribution >= 0.6 is 11.6 Å². The summed E-state index contributed by atoms with van der Waals surface area (Å²) in [7, 11) is 0. The first-order chi connectivity index (χ1) is 20.1. The van der Waals surface area contributed by atoms with Gasteiger partial charge < -0.3 is 19.1 Å². The molecule has 1 aliphatic rings. The summed E-state index contributed by atoms with van der Waals surface area (Å²) < 4.78 is 18.2. The number of ether oxygens (including phenoxy) is 3. The van der Waals surface area contributed by atoms with E-state index in [0.717, 1.165) is 65.1 Å². The average Bonchev–Trinajstić information content (AvgIpc) is 2.91.